The number of rotatable bonds is 30. The van der Waals surface area contributed by atoms with Crippen molar-refractivity contribution in [2.24, 2.45) is 5.92 Å². The molecule has 0 rings (SSSR count). The number of ether oxygens (including phenoxy) is 1. The highest BCUT2D eigenvalue weighted by molar-refractivity contribution is 5.69. The van der Waals surface area contributed by atoms with Gasteiger partial charge in [0, 0.05) is 6.42 Å². The Morgan fingerprint density at radius 1 is 0.528 bits per heavy atom. The predicted octanol–water partition coefficient (Wildman–Crippen LogP) is 10.5. The lowest BCUT2D eigenvalue weighted by molar-refractivity contribution is -0.144. The maximum absolute atomic E-state index is 12.2. The van der Waals surface area contributed by atoms with E-state index in [-0.39, 0.29) is 5.97 Å². The molecule has 3 nitrogen and oxygen atoms in total. The second-order valence-electron chi connectivity index (χ2n) is 11.3. The number of esters is 1. The van der Waals surface area contributed by atoms with Gasteiger partial charge in [-0.25, -0.2) is 0 Å². The Bertz CT molecular complexity index is 426. The summed E-state index contributed by atoms with van der Waals surface area (Å²) >= 11 is 0. The largest absolute Gasteiger partial charge is 0.466 e. The van der Waals surface area contributed by atoms with E-state index in [2.05, 4.69) is 26.1 Å². The molecule has 0 saturated heterocycles. The maximum Gasteiger partial charge on any atom is 0.305 e. The Labute approximate surface area is 227 Å². The molecule has 0 aliphatic rings. The van der Waals surface area contributed by atoms with Crippen LogP contribution in [0.1, 0.15) is 181 Å². The van der Waals surface area contributed by atoms with Gasteiger partial charge in [0.2, 0.25) is 0 Å². The first-order chi connectivity index (χ1) is 17.7. The summed E-state index contributed by atoms with van der Waals surface area (Å²) < 4.78 is 5.62. The molecule has 0 aromatic carbocycles. The summed E-state index contributed by atoms with van der Waals surface area (Å²) in [6, 6.07) is 0. The van der Waals surface area contributed by atoms with Gasteiger partial charge in [-0.2, -0.15) is 0 Å². The normalized spacial score (nSPS) is 12.2. The SMILES string of the molecule is CCCCCCCCCCNCCCCCC(=O)OCCC(CCCCCC)CCCCCCCC. The van der Waals surface area contributed by atoms with Crippen LogP contribution in [0.25, 0.3) is 0 Å². The summed E-state index contributed by atoms with van der Waals surface area (Å²) in [6.07, 6.45) is 32.2. The van der Waals surface area contributed by atoms with Crippen LogP contribution >= 0.6 is 0 Å². The Kier molecular flexibility index (Phi) is 30.2. The van der Waals surface area contributed by atoms with Crippen molar-refractivity contribution in [3.63, 3.8) is 0 Å². The molecule has 1 N–H and O–H groups in total. The van der Waals surface area contributed by atoms with Crippen LogP contribution in [-0.4, -0.2) is 25.7 Å². The Morgan fingerprint density at radius 2 is 0.944 bits per heavy atom. The molecule has 0 radical (unpaired) electrons. The summed E-state index contributed by atoms with van der Waals surface area (Å²) in [6.45, 7) is 9.71. The third-order valence-corrected chi connectivity index (χ3v) is 7.66. The zero-order valence-corrected chi connectivity index (χ0v) is 25.2. The minimum atomic E-state index is 0.0196. The van der Waals surface area contributed by atoms with E-state index < -0.39 is 0 Å². The first-order valence-corrected chi connectivity index (χ1v) is 16.6. The Morgan fingerprint density at radius 3 is 1.47 bits per heavy atom. The summed E-state index contributed by atoms with van der Waals surface area (Å²) in [5.41, 5.74) is 0. The molecule has 0 fully saturated rings. The fourth-order valence-electron chi connectivity index (χ4n) is 5.12. The summed E-state index contributed by atoms with van der Waals surface area (Å²) in [5.74, 6) is 0.763. The van der Waals surface area contributed by atoms with Gasteiger partial charge in [0.25, 0.3) is 0 Å². The van der Waals surface area contributed by atoms with E-state index in [0.29, 0.717) is 13.0 Å². The number of unbranched alkanes of at least 4 members (excludes halogenated alkanes) is 17. The topological polar surface area (TPSA) is 38.3 Å². The molecule has 0 bridgehead atoms. The van der Waals surface area contributed by atoms with Crippen molar-refractivity contribution in [2.75, 3.05) is 19.7 Å². The zero-order valence-electron chi connectivity index (χ0n) is 25.2. The van der Waals surface area contributed by atoms with Gasteiger partial charge in [0.15, 0.2) is 0 Å². The number of hydrogen-bond donors (Lipinski definition) is 1. The van der Waals surface area contributed by atoms with Crippen molar-refractivity contribution >= 4 is 5.97 Å². The van der Waals surface area contributed by atoms with Crippen molar-refractivity contribution in [1.82, 2.24) is 5.32 Å². The van der Waals surface area contributed by atoms with E-state index in [1.54, 1.807) is 0 Å². The second-order valence-corrected chi connectivity index (χ2v) is 11.3. The lowest BCUT2D eigenvalue weighted by Crippen LogP contribution is -2.16. The van der Waals surface area contributed by atoms with Gasteiger partial charge >= 0.3 is 5.97 Å². The molecular weight excluding hydrogens is 442 g/mol. The maximum atomic E-state index is 12.2. The quantitative estimate of drug-likeness (QED) is 0.0772. The van der Waals surface area contributed by atoms with Gasteiger partial charge in [-0.05, 0) is 44.7 Å². The molecule has 0 saturated carbocycles. The summed E-state index contributed by atoms with van der Waals surface area (Å²) in [7, 11) is 0. The third kappa shape index (κ3) is 28.0. The van der Waals surface area contributed by atoms with Crippen LogP contribution in [-0.2, 0) is 9.53 Å². The first-order valence-electron chi connectivity index (χ1n) is 16.6. The smallest absolute Gasteiger partial charge is 0.305 e. The molecular formula is C33H67NO2. The lowest BCUT2D eigenvalue weighted by Gasteiger charge is -2.17. The molecule has 0 amide bonds. The average Bonchev–Trinajstić information content (AvgIpc) is 2.88. The number of carbonyl (C=O) groups is 1. The molecule has 0 heterocycles. The summed E-state index contributed by atoms with van der Waals surface area (Å²) in [4.78, 5) is 12.2. The summed E-state index contributed by atoms with van der Waals surface area (Å²) in [5, 5.41) is 3.57. The van der Waals surface area contributed by atoms with Crippen LogP contribution < -0.4 is 5.32 Å². The molecule has 0 aromatic heterocycles. The third-order valence-electron chi connectivity index (χ3n) is 7.66. The van der Waals surface area contributed by atoms with Crippen LogP contribution in [0.2, 0.25) is 0 Å². The molecule has 3 heteroatoms. The van der Waals surface area contributed by atoms with Crippen LogP contribution in [0.4, 0.5) is 0 Å². The molecule has 0 aliphatic carbocycles. The molecule has 0 aromatic rings. The van der Waals surface area contributed by atoms with Gasteiger partial charge in [0.05, 0.1) is 6.61 Å². The van der Waals surface area contributed by atoms with Gasteiger partial charge in [-0.3, -0.25) is 4.79 Å². The molecule has 1 unspecified atom stereocenters. The first kappa shape index (κ1) is 35.4. The minimum absolute atomic E-state index is 0.0196. The van der Waals surface area contributed by atoms with Crippen LogP contribution in [0.5, 0.6) is 0 Å². The number of carbonyl (C=O) groups excluding carboxylic acids is 1. The average molecular weight is 510 g/mol. The highest BCUT2D eigenvalue weighted by Gasteiger charge is 2.11. The van der Waals surface area contributed by atoms with Crippen molar-refractivity contribution in [2.45, 2.75) is 181 Å². The van der Waals surface area contributed by atoms with Gasteiger partial charge in [0.1, 0.15) is 0 Å². The number of nitrogens with one attached hydrogen (secondary N) is 1. The van der Waals surface area contributed by atoms with Crippen molar-refractivity contribution in [3.8, 4) is 0 Å². The lowest BCUT2D eigenvalue weighted by atomic mass is 9.92. The number of hydrogen-bond acceptors (Lipinski definition) is 3. The van der Waals surface area contributed by atoms with E-state index >= 15 is 0 Å². The molecule has 1 atom stereocenters. The van der Waals surface area contributed by atoms with Crippen LogP contribution in [0, 0.1) is 5.92 Å². The van der Waals surface area contributed by atoms with E-state index in [9.17, 15) is 4.79 Å². The van der Waals surface area contributed by atoms with E-state index in [4.69, 9.17) is 4.74 Å². The van der Waals surface area contributed by atoms with Gasteiger partial charge in [-0.15, -0.1) is 0 Å². The minimum Gasteiger partial charge on any atom is -0.466 e. The monoisotopic (exact) mass is 510 g/mol. The Hall–Kier alpha value is -0.570. The van der Waals surface area contributed by atoms with Crippen molar-refractivity contribution in [1.29, 1.82) is 0 Å². The van der Waals surface area contributed by atoms with Crippen LogP contribution in [0.3, 0.4) is 0 Å². The zero-order chi connectivity index (χ0) is 26.4. The highest BCUT2D eigenvalue weighted by Crippen LogP contribution is 2.22. The standard InChI is InChI=1S/C33H67NO2/c1-4-7-10-13-15-16-18-23-29-34-30-24-19-22-27-33(35)36-31-28-32(25-20-12-9-6-3)26-21-17-14-11-8-5-2/h32,34H,4-31H2,1-3H3. The van der Waals surface area contributed by atoms with Gasteiger partial charge < -0.3 is 10.1 Å². The molecule has 0 aliphatic heterocycles. The van der Waals surface area contributed by atoms with E-state index in [1.807, 2.05) is 0 Å². The Balaban J connectivity index is 3.66. The van der Waals surface area contributed by atoms with Crippen molar-refractivity contribution in [3.05, 3.63) is 0 Å². The van der Waals surface area contributed by atoms with E-state index in [0.717, 1.165) is 38.3 Å². The second kappa shape index (κ2) is 30.7. The highest BCUT2D eigenvalue weighted by atomic mass is 16.5. The van der Waals surface area contributed by atoms with Gasteiger partial charge in [-0.1, -0.05) is 149 Å². The fraction of sp³-hybridized carbons (Fsp3) is 0.970. The molecule has 0 spiro atoms. The fourth-order valence-corrected chi connectivity index (χ4v) is 5.12. The van der Waals surface area contributed by atoms with Crippen LogP contribution in [0.15, 0.2) is 0 Å². The predicted molar refractivity (Wildman–Crippen MR) is 160 cm³/mol. The van der Waals surface area contributed by atoms with E-state index in [1.165, 1.54) is 135 Å². The van der Waals surface area contributed by atoms with Crippen molar-refractivity contribution < 1.29 is 9.53 Å². The molecule has 36 heavy (non-hydrogen) atoms. The molecule has 216 valence electrons.